The molecule has 26 heavy (non-hydrogen) atoms. The Kier molecular flexibility index (Phi) is 6.16. The highest BCUT2D eigenvalue weighted by molar-refractivity contribution is 6.30. The predicted molar refractivity (Wildman–Crippen MR) is 98.5 cm³/mol. The number of ether oxygens (including phenoxy) is 2. The van der Waals surface area contributed by atoms with Gasteiger partial charge in [0, 0.05) is 24.6 Å². The van der Waals surface area contributed by atoms with Crippen molar-refractivity contribution in [3.8, 4) is 0 Å². The molecular formula is C19H23ClN2O4. The lowest BCUT2D eigenvalue weighted by atomic mass is 9.82. The fourth-order valence-corrected chi connectivity index (χ4v) is 3.60. The summed E-state index contributed by atoms with van der Waals surface area (Å²) in [5, 5.41) is 6.46. The van der Waals surface area contributed by atoms with Gasteiger partial charge >= 0.3 is 0 Å². The van der Waals surface area contributed by atoms with Gasteiger partial charge in [-0.2, -0.15) is 0 Å². The average Bonchev–Trinajstić information content (AvgIpc) is 2.62. The molecule has 1 aliphatic heterocycles. The maximum absolute atomic E-state index is 12.4. The van der Waals surface area contributed by atoms with E-state index >= 15 is 0 Å². The topological polar surface area (TPSA) is 76.7 Å². The van der Waals surface area contributed by atoms with E-state index < -0.39 is 0 Å². The number of nitrogens with one attached hydrogen (secondary N) is 2. The van der Waals surface area contributed by atoms with Crippen LogP contribution in [-0.2, 0) is 19.1 Å². The fourth-order valence-electron chi connectivity index (χ4n) is 3.40. The number of morpholine rings is 1. The van der Waals surface area contributed by atoms with Crippen LogP contribution in [0.3, 0.4) is 0 Å². The monoisotopic (exact) mass is 378 g/mol. The van der Waals surface area contributed by atoms with E-state index in [9.17, 15) is 9.59 Å². The van der Waals surface area contributed by atoms with E-state index in [0.717, 1.165) is 18.4 Å². The number of carbonyl (C=O) groups excluding carboxylic acids is 2. The van der Waals surface area contributed by atoms with Crippen molar-refractivity contribution in [3.63, 3.8) is 0 Å². The summed E-state index contributed by atoms with van der Waals surface area (Å²) in [5.41, 5.74) is 0.812. The molecule has 1 aliphatic carbocycles. The molecular weight excluding hydrogens is 356 g/mol. The molecule has 6 nitrogen and oxygen atoms in total. The summed E-state index contributed by atoms with van der Waals surface area (Å²) >= 11 is 5.98. The van der Waals surface area contributed by atoms with Gasteiger partial charge in [0.1, 0.15) is 6.10 Å². The first kappa shape index (κ1) is 18.7. The molecule has 2 aliphatic rings. The number of hydrogen-bond acceptors (Lipinski definition) is 4. The standard InChI is InChI=1S/C19H23ClN2O4/c1-25-8-7-21-18(23)13-5-6-16-15(11-13)22-19(24)17(26-16)10-12-3-2-4-14(20)9-12/h2-4,9-10,13,15-16H,5-8,11H2,1H3,(H,21,23)(H,22,24)/b17-10-. The van der Waals surface area contributed by atoms with Crippen molar-refractivity contribution >= 4 is 29.5 Å². The van der Waals surface area contributed by atoms with Gasteiger partial charge in [-0.15, -0.1) is 0 Å². The number of carbonyl (C=O) groups is 2. The van der Waals surface area contributed by atoms with E-state index in [2.05, 4.69) is 10.6 Å². The van der Waals surface area contributed by atoms with Crippen LogP contribution in [0.4, 0.5) is 0 Å². The Hall–Kier alpha value is -2.05. The zero-order valence-electron chi connectivity index (χ0n) is 14.7. The molecule has 2 amide bonds. The molecule has 140 valence electrons. The van der Waals surface area contributed by atoms with Crippen molar-refractivity contribution < 1.29 is 19.1 Å². The number of halogens is 1. The van der Waals surface area contributed by atoms with Gasteiger partial charge < -0.3 is 20.1 Å². The highest BCUT2D eigenvalue weighted by Crippen LogP contribution is 2.31. The molecule has 0 bridgehead atoms. The zero-order valence-corrected chi connectivity index (χ0v) is 15.4. The lowest BCUT2D eigenvalue weighted by molar-refractivity contribution is -0.134. The third kappa shape index (κ3) is 4.56. The first-order valence-corrected chi connectivity index (χ1v) is 9.16. The molecule has 3 rings (SSSR count). The van der Waals surface area contributed by atoms with Gasteiger partial charge in [-0.1, -0.05) is 23.7 Å². The Morgan fingerprint density at radius 1 is 1.46 bits per heavy atom. The Labute approximate surface area is 157 Å². The normalized spacial score (nSPS) is 26.6. The van der Waals surface area contributed by atoms with Crippen LogP contribution < -0.4 is 10.6 Å². The minimum absolute atomic E-state index is 0.00927. The second-order valence-corrected chi connectivity index (χ2v) is 7.03. The molecule has 2 N–H and O–H groups in total. The van der Waals surface area contributed by atoms with Gasteiger partial charge in [-0.3, -0.25) is 9.59 Å². The molecule has 2 fully saturated rings. The number of amides is 2. The third-order valence-electron chi connectivity index (χ3n) is 4.73. The van der Waals surface area contributed by atoms with Crippen molar-refractivity contribution in [3.05, 3.63) is 40.6 Å². The lowest BCUT2D eigenvalue weighted by Crippen LogP contribution is -2.54. The number of hydrogen-bond donors (Lipinski definition) is 2. The van der Waals surface area contributed by atoms with Crippen molar-refractivity contribution in [2.24, 2.45) is 5.92 Å². The zero-order chi connectivity index (χ0) is 18.5. The van der Waals surface area contributed by atoms with Crippen LogP contribution in [0.2, 0.25) is 5.02 Å². The van der Waals surface area contributed by atoms with Gasteiger partial charge in [0.25, 0.3) is 5.91 Å². The summed E-state index contributed by atoms with van der Waals surface area (Å²) < 4.78 is 10.9. The van der Waals surface area contributed by atoms with E-state index in [1.807, 2.05) is 12.1 Å². The molecule has 7 heteroatoms. The van der Waals surface area contributed by atoms with Gasteiger partial charge in [-0.25, -0.2) is 0 Å². The summed E-state index contributed by atoms with van der Waals surface area (Å²) in [6.07, 6.45) is 3.63. The molecule has 1 aromatic carbocycles. The van der Waals surface area contributed by atoms with E-state index in [0.29, 0.717) is 24.6 Å². The smallest absolute Gasteiger partial charge is 0.286 e. The molecule has 0 radical (unpaired) electrons. The first-order valence-electron chi connectivity index (χ1n) is 8.78. The number of methoxy groups -OCH3 is 1. The second-order valence-electron chi connectivity index (χ2n) is 6.59. The summed E-state index contributed by atoms with van der Waals surface area (Å²) in [7, 11) is 1.60. The quantitative estimate of drug-likeness (QED) is 0.608. The van der Waals surface area contributed by atoms with E-state index in [1.165, 1.54) is 0 Å². The highest BCUT2D eigenvalue weighted by atomic mass is 35.5. The van der Waals surface area contributed by atoms with Crippen LogP contribution in [0.5, 0.6) is 0 Å². The fraction of sp³-hybridized carbons (Fsp3) is 0.474. The maximum Gasteiger partial charge on any atom is 0.286 e. The minimum atomic E-state index is -0.258. The van der Waals surface area contributed by atoms with Crippen LogP contribution in [0.1, 0.15) is 24.8 Å². The molecule has 3 atom stereocenters. The van der Waals surface area contributed by atoms with Crippen LogP contribution in [0.25, 0.3) is 6.08 Å². The van der Waals surface area contributed by atoms with E-state index in [-0.39, 0.29) is 35.6 Å². The highest BCUT2D eigenvalue weighted by Gasteiger charge is 2.40. The average molecular weight is 379 g/mol. The molecule has 3 unspecified atom stereocenters. The third-order valence-corrected chi connectivity index (χ3v) is 4.96. The Balaban J connectivity index is 1.61. The molecule has 1 saturated heterocycles. The summed E-state index contributed by atoms with van der Waals surface area (Å²) in [6, 6.07) is 7.10. The Morgan fingerprint density at radius 2 is 2.31 bits per heavy atom. The SMILES string of the molecule is COCCNC(=O)C1CCC2O/C(=C\c3cccc(Cl)c3)C(=O)NC2C1. The van der Waals surface area contributed by atoms with Crippen LogP contribution in [0.15, 0.2) is 30.0 Å². The Bertz CT molecular complexity index is 707. The van der Waals surface area contributed by atoms with Crippen molar-refractivity contribution in [2.45, 2.75) is 31.4 Å². The summed E-state index contributed by atoms with van der Waals surface area (Å²) in [5.74, 6) is -0.0753. The maximum atomic E-state index is 12.4. The predicted octanol–water partition coefficient (Wildman–Crippen LogP) is 2.13. The number of benzene rings is 1. The second kappa shape index (κ2) is 8.56. The minimum Gasteiger partial charge on any atom is -0.483 e. The Morgan fingerprint density at radius 3 is 3.08 bits per heavy atom. The van der Waals surface area contributed by atoms with E-state index in [4.69, 9.17) is 21.1 Å². The lowest BCUT2D eigenvalue weighted by Gasteiger charge is -2.39. The molecule has 1 aromatic rings. The molecule has 0 spiro atoms. The van der Waals surface area contributed by atoms with Crippen molar-refractivity contribution in [1.29, 1.82) is 0 Å². The van der Waals surface area contributed by atoms with Crippen LogP contribution >= 0.6 is 11.6 Å². The van der Waals surface area contributed by atoms with Gasteiger partial charge in [0.05, 0.1) is 12.6 Å². The van der Waals surface area contributed by atoms with Gasteiger partial charge in [0.2, 0.25) is 5.91 Å². The van der Waals surface area contributed by atoms with Gasteiger partial charge in [-0.05, 0) is 43.0 Å². The largest absolute Gasteiger partial charge is 0.483 e. The number of rotatable bonds is 5. The number of fused-ring (bicyclic) bond motifs is 1. The molecule has 1 saturated carbocycles. The van der Waals surface area contributed by atoms with Crippen LogP contribution in [0, 0.1) is 5.92 Å². The van der Waals surface area contributed by atoms with E-state index in [1.54, 1.807) is 25.3 Å². The summed E-state index contributed by atoms with van der Waals surface area (Å²) in [6.45, 7) is 0.983. The first-order chi connectivity index (χ1) is 12.6. The molecule has 1 heterocycles. The van der Waals surface area contributed by atoms with Crippen LogP contribution in [-0.4, -0.2) is 44.2 Å². The summed E-state index contributed by atoms with van der Waals surface area (Å²) in [4.78, 5) is 24.6. The van der Waals surface area contributed by atoms with Gasteiger partial charge in [0.15, 0.2) is 5.76 Å². The molecule has 0 aromatic heterocycles. The van der Waals surface area contributed by atoms with Crippen molar-refractivity contribution in [1.82, 2.24) is 10.6 Å². The van der Waals surface area contributed by atoms with Crippen molar-refractivity contribution in [2.75, 3.05) is 20.3 Å².